The van der Waals surface area contributed by atoms with E-state index in [9.17, 15) is 8.42 Å². The lowest BCUT2D eigenvalue weighted by Gasteiger charge is -2.25. The van der Waals surface area contributed by atoms with Crippen LogP contribution in [0.4, 0.5) is 0 Å². The maximum absolute atomic E-state index is 11.1. The SMILES string of the molecule is CCCCCCC(C)OCC(C)(C)CS(N)(=O)=O. The van der Waals surface area contributed by atoms with Crippen molar-refractivity contribution in [3.63, 3.8) is 0 Å². The largest absolute Gasteiger partial charge is 0.378 e. The number of hydrogen-bond acceptors (Lipinski definition) is 3. The monoisotopic (exact) mass is 279 g/mol. The minimum absolute atomic E-state index is 0.0391. The van der Waals surface area contributed by atoms with E-state index >= 15 is 0 Å². The molecule has 5 heteroatoms. The summed E-state index contributed by atoms with van der Waals surface area (Å²) in [4.78, 5) is 0. The fourth-order valence-electron chi connectivity index (χ4n) is 1.90. The molecular formula is C13H29NO3S. The molecule has 0 amide bonds. The number of rotatable bonds is 10. The van der Waals surface area contributed by atoms with Crippen molar-refractivity contribution in [1.82, 2.24) is 0 Å². The number of sulfonamides is 1. The molecule has 0 saturated heterocycles. The van der Waals surface area contributed by atoms with E-state index in [4.69, 9.17) is 9.88 Å². The minimum Gasteiger partial charge on any atom is -0.378 e. The molecule has 2 N–H and O–H groups in total. The van der Waals surface area contributed by atoms with Gasteiger partial charge in [0, 0.05) is 5.41 Å². The first-order chi connectivity index (χ1) is 8.16. The Morgan fingerprint density at radius 3 is 2.33 bits per heavy atom. The molecule has 4 nitrogen and oxygen atoms in total. The smallest absolute Gasteiger partial charge is 0.209 e. The van der Waals surface area contributed by atoms with Gasteiger partial charge in [-0.2, -0.15) is 0 Å². The van der Waals surface area contributed by atoms with E-state index in [1.165, 1.54) is 25.7 Å². The van der Waals surface area contributed by atoms with E-state index < -0.39 is 15.4 Å². The Hall–Kier alpha value is -0.130. The van der Waals surface area contributed by atoms with Crippen molar-refractivity contribution in [3.8, 4) is 0 Å². The predicted octanol–water partition coefficient (Wildman–Crippen LogP) is 2.68. The standard InChI is InChI=1S/C13H29NO3S/c1-5-6-7-8-9-12(2)17-10-13(3,4)11-18(14,15)16/h12H,5-11H2,1-4H3,(H2,14,15,16). The highest BCUT2D eigenvalue weighted by atomic mass is 32.2. The zero-order valence-corrected chi connectivity index (χ0v) is 13.1. The van der Waals surface area contributed by atoms with Gasteiger partial charge in [0.2, 0.25) is 10.0 Å². The van der Waals surface area contributed by atoms with Crippen molar-refractivity contribution in [2.24, 2.45) is 10.6 Å². The van der Waals surface area contributed by atoms with Crippen LogP contribution in [-0.2, 0) is 14.8 Å². The highest BCUT2D eigenvalue weighted by Crippen LogP contribution is 2.19. The third-order valence-electron chi connectivity index (χ3n) is 2.81. The summed E-state index contributed by atoms with van der Waals surface area (Å²) in [6.45, 7) is 8.38. The van der Waals surface area contributed by atoms with Gasteiger partial charge in [-0.25, -0.2) is 13.6 Å². The van der Waals surface area contributed by atoms with Crippen LogP contribution in [0.3, 0.4) is 0 Å². The Kier molecular flexibility index (Phi) is 8.06. The molecule has 0 rings (SSSR count). The highest BCUT2D eigenvalue weighted by molar-refractivity contribution is 7.89. The van der Waals surface area contributed by atoms with Crippen LogP contribution in [0.5, 0.6) is 0 Å². The Bertz CT molecular complexity index is 312. The molecule has 0 spiro atoms. The third kappa shape index (κ3) is 11.0. The second kappa shape index (κ2) is 8.12. The first kappa shape index (κ1) is 17.9. The van der Waals surface area contributed by atoms with E-state index in [0.717, 1.165) is 6.42 Å². The van der Waals surface area contributed by atoms with Crippen LogP contribution in [-0.4, -0.2) is 26.9 Å². The van der Waals surface area contributed by atoms with Crippen molar-refractivity contribution in [3.05, 3.63) is 0 Å². The van der Waals surface area contributed by atoms with Gasteiger partial charge < -0.3 is 4.74 Å². The minimum atomic E-state index is -3.43. The fraction of sp³-hybridized carbons (Fsp3) is 1.00. The van der Waals surface area contributed by atoms with E-state index in [1.54, 1.807) is 0 Å². The van der Waals surface area contributed by atoms with E-state index in [2.05, 4.69) is 6.92 Å². The molecule has 0 radical (unpaired) electrons. The number of nitrogens with two attached hydrogens (primary N) is 1. The molecule has 1 atom stereocenters. The van der Waals surface area contributed by atoms with E-state index in [1.807, 2.05) is 20.8 Å². The lowest BCUT2D eigenvalue weighted by atomic mass is 9.98. The lowest BCUT2D eigenvalue weighted by Crippen LogP contribution is -2.33. The third-order valence-corrected chi connectivity index (χ3v) is 4.00. The molecule has 0 aromatic rings. The van der Waals surface area contributed by atoms with Crippen LogP contribution in [0, 0.1) is 5.41 Å². The average Bonchev–Trinajstić information content (AvgIpc) is 2.18. The highest BCUT2D eigenvalue weighted by Gasteiger charge is 2.25. The van der Waals surface area contributed by atoms with Gasteiger partial charge in [0.25, 0.3) is 0 Å². The maximum Gasteiger partial charge on any atom is 0.209 e. The number of hydrogen-bond donors (Lipinski definition) is 1. The molecular weight excluding hydrogens is 250 g/mol. The zero-order valence-electron chi connectivity index (χ0n) is 12.2. The zero-order chi connectivity index (χ0) is 14.2. The van der Waals surface area contributed by atoms with Gasteiger partial charge in [-0.1, -0.05) is 46.5 Å². The molecule has 1 unspecified atom stereocenters. The molecule has 110 valence electrons. The molecule has 0 heterocycles. The van der Waals surface area contributed by atoms with Gasteiger partial charge in [0.05, 0.1) is 18.5 Å². The molecule has 0 fully saturated rings. The van der Waals surface area contributed by atoms with Crippen molar-refractivity contribution < 1.29 is 13.2 Å². The predicted molar refractivity (Wildman–Crippen MR) is 75.9 cm³/mol. The molecule has 0 bridgehead atoms. The fourth-order valence-corrected chi connectivity index (χ4v) is 3.07. The topological polar surface area (TPSA) is 69.4 Å². The molecule has 0 aliphatic heterocycles. The summed E-state index contributed by atoms with van der Waals surface area (Å²) in [6.07, 6.45) is 6.13. The van der Waals surface area contributed by atoms with E-state index in [-0.39, 0.29) is 11.9 Å². The molecule has 0 aliphatic rings. The van der Waals surface area contributed by atoms with Crippen LogP contribution < -0.4 is 5.14 Å². The van der Waals surface area contributed by atoms with Crippen LogP contribution in [0.25, 0.3) is 0 Å². The van der Waals surface area contributed by atoms with Crippen molar-refractivity contribution in [1.29, 1.82) is 0 Å². The summed E-state index contributed by atoms with van der Waals surface area (Å²) in [5.41, 5.74) is -0.425. The van der Waals surface area contributed by atoms with E-state index in [0.29, 0.717) is 6.61 Å². The number of unbranched alkanes of at least 4 members (excludes halogenated alkanes) is 3. The van der Waals surface area contributed by atoms with Gasteiger partial charge in [-0.05, 0) is 13.3 Å². The van der Waals surface area contributed by atoms with Gasteiger partial charge in [0.15, 0.2) is 0 Å². The molecule has 0 saturated carbocycles. The molecule has 18 heavy (non-hydrogen) atoms. The summed E-state index contributed by atoms with van der Waals surface area (Å²) >= 11 is 0. The Labute approximate surface area is 112 Å². The van der Waals surface area contributed by atoms with Crippen LogP contribution in [0.15, 0.2) is 0 Å². The van der Waals surface area contributed by atoms with Crippen molar-refractivity contribution in [2.45, 2.75) is 65.9 Å². The summed E-state index contributed by atoms with van der Waals surface area (Å²) in [5.74, 6) is -0.0391. The molecule has 0 aliphatic carbocycles. The van der Waals surface area contributed by atoms with Crippen molar-refractivity contribution >= 4 is 10.0 Å². The van der Waals surface area contributed by atoms with Crippen LogP contribution in [0.1, 0.15) is 59.8 Å². The summed E-state index contributed by atoms with van der Waals surface area (Å²) in [7, 11) is -3.43. The maximum atomic E-state index is 11.1. The first-order valence-electron chi connectivity index (χ1n) is 6.78. The second-order valence-electron chi connectivity index (χ2n) is 5.94. The van der Waals surface area contributed by atoms with Crippen molar-refractivity contribution in [2.75, 3.05) is 12.4 Å². The Balaban J connectivity index is 3.86. The van der Waals surface area contributed by atoms with Gasteiger partial charge in [0.1, 0.15) is 0 Å². The van der Waals surface area contributed by atoms with Gasteiger partial charge >= 0.3 is 0 Å². The normalized spacial score (nSPS) is 14.7. The van der Waals surface area contributed by atoms with Crippen LogP contribution >= 0.6 is 0 Å². The number of ether oxygens (including phenoxy) is 1. The molecule has 0 aromatic heterocycles. The van der Waals surface area contributed by atoms with Crippen LogP contribution in [0.2, 0.25) is 0 Å². The summed E-state index contributed by atoms with van der Waals surface area (Å²) in [5, 5.41) is 5.06. The molecule has 0 aromatic carbocycles. The first-order valence-corrected chi connectivity index (χ1v) is 8.50. The number of primary sulfonamides is 1. The van der Waals surface area contributed by atoms with Gasteiger partial charge in [-0.3, -0.25) is 0 Å². The average molecular weight is 279 g/mol. The Morgan fingerprint density at radius 2 is 1.83 bits per heavy atom. The summed E-state index contributed by atoms with van der Waals surface area (Å²) < 4.78 is 27.8. The van der Waals surface area contributed by atoms with Gasteiger partial charge in [-0.15, -0.1) is 0 Å². The summed E-state index contributed by atoms with van der Waals surface area (Å²) in [6, 6.07) is 0. The lowest BCUT2D eigenvalue weighted by molar-refractivity contribution is 0.0143. The second-order valence-corrected chi connectivity index (χ2v) is 7.56. The Morgan fingerprint density at radius 1 is 1.22 bits per heavy atom. The quantitative estimate of drug-likeness (QED) is 0.625.